The van der Waals surface area contributed by atoms with E-state index in [0.29, 0.717) is 10.8 Å². The van der Waals surface area contributed by atoms with Gasteiger partial charge in [-0.3, -0.25) is 14.8 Å². The summed E-state index contributed by atoms with van der Waals surface area (Å²) in [6.45, 7) is 5.90. The summed E-state index contributed by atoms with van der Waals surface area (Å²) in [5.41, 5.74) is 2.28. The Bertz CT molecular complexity index is 1090. The van der Waals surface area contributed by atoms with Crippen molar-refractivity contribution < 1.29 is 4.79 Å². The van der Waals surface area contributed by atoms with Crippen molar-refractivity contribution in [1.82, 2.24) is 14.8 Å². The number of benzene rings is 2. The van der Waals surface area contributed by atoms with Crippen LogP contribution >= 0.6 is 11.3 Å². The van der Waals surface area contributed by atoms with Crippen molar-refractivity contribution in [2.75, 3.05) is 5.32 Å². The Hall–Kier alpha value is -2.73. The van der Waals surface area contributed by atoms with E-state index in [1.54, 1.807) is 10.7 Å². The maximum Gasteiger partial charge on any atom is 0.275 e. The lowest BCUT2D eigenvalue weighted by atomic mass is 10.1. The van der Waals surface area contributed by atoms with Crippen LogP contribution in [0.15, 0.2) is 42.5 Å². The normalized spacial score (nSPS) is 11.5. The lowest BCUT2D eigenvalue weighted by molar-refractivity contribution is 0.101. The van der Waals surface area contributed by atoms with Gasteiger partial charge in [0.25, 0.3) is 5.91 Å². The molecule has 0 unspecified atom stereocenters. The maximum absolute atomic E-state index is 12.7. The first kappa shape index (κ1) is 15.8. The van der Waals surface area contributed by atoms with E-state index in [1.807, 2.05) is 39.0 Å². The number of hydrogen-bond acceptors (Lipinski definition) is 4. The van der Waals surface area contributed by atoms with Gasteiger partial charge in [0.1, 0.15) is 5.69 Å². The molecule has 0 fully saturated rings. The summed E-state index contributed by atoms with van der Waals surface area (Å²) in [7, 11) is 0. The summed E-state index contributed by atoms with van der Waals surface area (Å²) < 4.78 is 2.83. The predicted molar refractivity (Wildman–Crippen MR) is 102 cm³/mol. The second-order valence-electron chi connectivity index (χ2n) is 6.32. The fourth-order valence-electron chi connectivity index (χ4n) is 2.95. The van der Waals surface area contributed by atoms with Crippen LogP contribution in [0, 0.1) is 6.92 Å². The monoisotopic (exact) mass is 350 g/mol. The van der Waals surface area contributed by atoms with Crippen LogP contribution < -0.4 is 5.32 Å². The molecule has 0 aliphatic rings. The van der Waals surface area contributed by atoms with Crippen molar-refractivity contribution in [3.63, 3.8) is 0 Å². The SMILES string of the molecule is Cc1cc(C(=O)Nc2nc3ccc4ccccc4c3s2)n(C(C)C)n1. The zero-order valence-corrected chi connectivity index (χ0v) is 15.1. The van der Waals surface area contributed by atoms with Gasteiger partial charge in [-0.05, 0) is 38.3 Å². The highest BCUT2D eigenvalue weighted by molar-refractivity contribution is 7.23. The van der Waals surface area contributed by atoms with E-state index < -0.39 is 0 Å². The standard InChI is InChI=1S/C19H18N4OS/c1-11(2)23-16(10-12(3)22-23)18(24)21-19-20-15-9-8-13-6-4-5-7-14(13)17(15)25-19/h4-11H,1-3H3,(H,20,21,24). The molecule has 4 rings (SSSR count). The number of nitrogens with zero attached hydrogens (tertiary/aromatic N) is 3. The fraction of sp³-hybridized carbons (Fsp3) is 0.211. The molecule has 4 aromatic rings. The number of aryl methyl sites for hydroxylation is 1. The molecule has 6 heteroatoms. The molecular weight excluding hydrogens is 332 g/mol. The van der Waals surface area contributed by atoms with Gasteiger partial charge >= 0.3 is 0 Å². The zero-order chi connectivity index (χ0) is 17.6. The average Bonchev–Trinajstić information content (AvgIpc) is 3.18. The third-order valence-electron chi connectivity index (χ3n) is 4.08. The van der Waals surface area contributed by atoms with Gasteiger partial charge in [0.15, 0.2) is 5.13 Å². The predicted octanol–water partition coefficient (Wildman–Crippen LogP) is 4.79. The summed E-state index contributed by atoms with van der Waals surface area (Å²) in [6, 6.07) is 14.2. The molecule has 126 valence electrons. The van der Waals surface area contributed by atoms with Gasteiger partial charge in [-0.2, -0.15) is 5.10 Å². The smallest absolute Gasteiger partial charge is 0.275 e. The molecule has 1 amide bonds. The number of amides is 1. The molecule has 0 radical (unpaired) electrons. The van der Waals surface area contributed by atoms with E-state index in [9.17, 15) is 4.79 Å². The molecular formula is C19H18N4OS. The van der Waals surface area contributed by atoms with Crippen molar-refractivity contribution in [3.8, 4) is 0 Å². The summed E-state index contributed by atoms with van der Waals surface area (Å²) >= 11 is 1.50. The van der Waals surface area contributed by atoms with Crippen molar-refractivity contribution in [2.24, 2.45) is 0 Å². The second-order valence-corrected chi connectivity index (χ2v) is 7.32. The van der Waals surface area contributed by atoms with E-state index in [-0.39, 0.29) is 11.9 Å². The van der Waals surface area contributed by atoms with E-state index in [0.717, 1.165) is 21.3 Å². The van der Waals surface area contributed by atoms with Gasteiger partial charge in [0.05, 0.1) is 15.9 Å². The van der Waals surface area contributed by atoms with Crippen molar-refractivity contribution in [1.29, 1.82) is 0 Å². The van der Waals surface area contributed by atoms with Crippen molar-refractivity contribution in [2.45, 2.75) is 26.8 Å². The maximum atomic E-state index is 12.7. The Morgan fingerprint density at radius 1 is 1.20 bits per heavy atom. The highest BCUT2D eigenvalue weighted by atomic mass is 32.1. The van der Waals surface area contributed by atoms with Crippen LogP contribution in [-0.4, -0.2) is 20.7 Å². The third kappa shape index (κ3) is 2.78. The molecule has 0 spiro atoms. The van der Waals surface area contributed by atoms with E-state index >= 15 is 0 Å². The molecule has 0 aliphatic heterocycles. The van der Waals surface area contributed by atoms with Crippen molar-refractivity contribution in [3.05, 3.63) is 53.9 Å². The first-order valence-corrected chi connectivity index (χ1v) is 9.00. The number of carbonyl (C=O) groups excluding carboxylic acids is 1. The second kappa shape index (κ2) is 5.97. The molecule has 0 atom stereocenters. The number of carbonyl (C=O) groups is 1. The van der Waals surface area contributed by atoms with Gasteiger partial charge in [0.2, 0.25) is 0 Å². The molecule has 0 bridgehead atoms. The lowest BCUT2D eigenvalue weighted by Crippen LogP contribution is -2.18. The fourth-order valence-corrected chi connectivity index (χ4v) is 3.95. The number of fused-ring (bicyclic) bond motifs is 3. The quantitative estimate of drug-likeness (QED) is 0.578. The minimum absolute atomic E-state index is 0.119. The molecule has 2 aromatic heterocycles. The van der Waals surface area contributed by atoms with Gasteiger partial charge in [-0.25, -0.2) is 4.98 Å². The minimum atomic E-state index is -0.183. The van der Waals surface area contributed by atoms with Crippen LogP contribution in [0.1, 0.15) is 36.1 Å². The molecule has 0 aliphatic carbocycles. The number of hydrogen-bond donors (Lipinski definition) is 1. The summed E-state index contributed by atoms with van der Waals surface area (Å²) in [4.78, 5) is 17.3. The highest BCUT2D eigenvalue weighted by Crippen LogP contribution is 2.32. The van der Waals surface area contributed by atoms with Crippen LogP contribution in [0.25, 0.3) is 21.0 Å². The number of rotatable bonds is 3. The van der Waals surface area contributed by atoms with Crippen LogP contribution in [0.5, 0.6) is 0 Å². The number of anilines is 1. The van der Waals surface area contributed by atoms with Gasteiger partial charge in [0, 0.05) is 11.4 Å². The van der Waals surface area contributed by atoms with Crippen LogP contribution in [0.4, 0.5) is 5.13 Å². The van der Waals surface area contributed by atoms with Gasteiger partial charge in [-0.15, -0.1) is 0 Å². The number of nitrogens with one attached hydrogen (secondary N) is 1. The first-order chi connectivity index (χ1) is 12.0. The lowest BCUT2D eigenvalue weighted by Gasteiger charge is -2.09. The van der Waals surface area contributed by atoms with Crippen LogP contribution in [-0.2, 0) is 0 Å². The molecule has 2 aromatic carbocycles. The average molecular weight is 350 g/mol. The summed E-state index contributed by atoms with van der Waals surface area (Å²) in [5, 5.41) is 10.3. The topological polar surface area (TPSA) is 59.8 Å². The van der Waals surface area contributed by atoms with E-state index in [1.165, 1.54) is 16.7 Å². The Kier molecular flexibility index (Phi) is 3.77. The van der Waals surface area contributed by atoms with E-state index in [4.69, 9.17) is 0 Å². The summed E-state index contributed by atoms with van der Waals surface area (Å²) in [5.74, 6) is -0.183. The first-order valence-electron chi connectivity index (χ1n) is 8.19. The molecule has 2 heterocycles. The van der Waals surface area contributed by atoms with Gasteiger partial charge < -0.3 is 0 Å². The molecule has 0 saturated heterocycles. The molecule has 5 nitrogen and oxygen atoms in total. The number of aromatic nitrogens is 3. The summed E-state index contributed by atoms with van der Waals surface area (Å²) in [6.07, 6.45) is 0. The molecule has 1 N–H and O–H groups in total. The van der Waals surface area contributed by atoms with E-state index in [2.05, 4.69) is 33.6 Å². The Morgan fingerprint density at radius 2 is 2.00 bits per heavy atom. The van der Waals surface area contributed by atoms with Crippen LogP contribution in [0.3, 0.4) is 0 Å². The van der Waals surface area contributed by atoms with Crippen molar-refractivity contribution >= 4 is 43.4 Å². The highest BCUT2D eigenvalue weighted by Gasteiger charge is 2.18. The Balaban J connectivity index is 1.71. The van der Waals surface area contributed by atoms with Crippen LogP contribution in [0.2, 0.25) is 0 Å². The molecule has 25 heavy (non-hydrogen) atoms. The third-order valence-corrected chi connectivity index (χ3v) is 5.10. The van der Waals surface area contributed by atoms with Gasteiger partial charge in [-0.1, -0.05) is 41.7 Å². The molecule has 0 saturated carbocycles. The minimum Gasteiger partial charge on any atom is -0.296 e. The zero-order valence-electron chi connectivity index (χ0n) is 14.3. The Morgan fingerprint density at radius 3 is 2.80 bits per heavy atom. The largest absolute Gasteiger partial charge is 0.296 e. The Labute approximate surface area is 149 Å². The number of thiazole rings is 1.